The highest BCUT2D eigenvalue weighted by molar-refractivity contribution is 5.92. The lowest BCUT2D eigenvalue weighted by molar-refractivity contribution is -0.142. The van der Waals surface area contributed by atoms with Crippen molar-refractivity contribution in [2.45, 2.75) is 51.2 Å². The highest BCUT2D eigenvalue weighted by atomic mass is 16.4. The molecule has 0 aliphatic carbocycles. The maximum Gasteiger partial charge on any atom is 0.326 e. The Morgan fingerprint density at radius 1 is 1.03 bits per heavy atom. The number of carboxylic acids is 1. The van der Waals surface area contributed by atoms with Gasteiger partial charge in [0.1, 0.15) is 12.1 Å². The van der Waals surface area contributed by atoms with Crippen LogP contribution in [0.5, 0.6) is 0 Å². The normalized spacial score (nSPS) is 13.3. The summed E-state index contributed by atoms with van der Waals surface area (Å²) in [5.74, 6) is -3.41. The number of amides is 3. The zero-order chi connectivity index (χ0) is 25.7. The largest absolute Gasteiger partial charge is 0.480 e. The molecule has 12 nitrogen and oxygen atoms in total. The average Bonchev–Trinajstić information content (AvgIpc) is 2.77. The number of hydrogen-bond donors (Lipinski definition) is 7. The van der Waals surface area contributed by atoms with Gasteiger partial charge in [-0.3, -0.25) is 19.4 Å². The van der Waals surface area contributed by atoms with Crippen molar-refractivity contribution in [1.29, 1.82) is 0 Å². The fourth-order valence-corrected chi connectivity index (χ4v) is 3.04. The molecular formula is C22H35N7O5. The molecule has 10 N–H and O–H groups in total. The van der Waals surface area contributed by atoms with E-state index in [1.54, 1.807) is 13.8 Å². The summed E-state index contributed by atoms with van der Waals surface area (Å²) < 4.78 is 0. The van der Waals surface area contributed by atoms with E-state index in [0.717, 1.165) is 5.56 Å². The summed E-state index contributed by atoms with van der Waals surface area (Å²) in [5, 5.41) is 16.8. The zero-order valence-electron chi connectivity index (χ0n) is 19.5. The van der Waals surface area contributed by atoms with Gasteiger partial charge < -0.3 is 38.3 Å². The van der Waals surface area contributed by atoms with Crippen LogP contribution in [0, 0.1) is 5.92 Å². The molecule has 1 rings (SSSR count). The summed E-state index contributed by atoms with van der Waals surface area (Å²) in [6.45, 7) is 3.25. The second-order valence-corrected chi connectivity index (χ2v) is 8.15. The average molecular weight is 478 g/mol. The van der Waals surface area contributed by atoms with E-state index >= 15 is 0 Å². The lowest BCUT2D eigenvalue weighted by Crippen LogP contribution is -2.55. The number of nitrogens with two attached hydrogens (primary N) is 3. The summed E-state index contributed by atoms with van der Waals surface area (Å²) >= 11 is 0. The number of carbonyl (C=O) groups excluding carboxylic acids is 3. The van der Waals surface area contributed by atoms with Gasteiger partial charge in [0.15, 0.2) is 5.96 Å². The summed E-state index contributed by atoms with van der Waals surface area (Å²) in [7, 11) is 0. The highest BCUT2D eigenvalue weighted by Crippen LogP contribution is 2.05. The standard InChI is InChI=1S/C22H35N7O5/c1-13(2)18(20(32)28-16(21(33)34)9-6-10-26-22(24)25)29-17(30)12-27-19(31)15(23)11-14-7-4-3-5-8-14/h3-5,7-8,13,15-16,18H,6,9-12,23H2,1-2H3,(H,27,31)(H,28,32)(H,29,30)(H,33,34)(H4,24,25,26). The van der Waals surface area contributed by atoms with Gasteiger partial charge >= 0.3 is 5.97 Å². The topological polar surface area (TPSA) is 215 Å². The minimum absolute atomic E-state index is 0.103. The monoisotopic (exact) mass is 477 g/mol. The summed E-state index contributed by atoms with van der Waals surface area (Å²) in [4.78, 5) is 52.5. The number of aliphatic carboxylic acids is 1. The quantitative estimate of drug-likeness (QED) is 0.0942. The second kappa shape index (κ2) is 14.5. The van der Waals surface area contributed by atoms with E-state index in [1.165, 1.54) is 0 Å². The van der Waals surface area contributed by atoms with Gasteiger partial charge in [-0.15, -0.1) is 0 Å². The Balaban J connectivity index is 2.58. The van der Waals surface area contributed by atoms with E-state index in [2.05, 4.69) is 20.9 Å². The Kier molecular flexibility index (Phi) is 12.1. The van der Waals surface area contributed by atoms with Crippen LogP contribution in [0.4, 0.5) is 0 Å². The third-order valence-electron chi connectivity index (χ3n) is 4.88. The molecule has 188 valence electrons. The molecule has 0 spiro atoms. The second-order valence-electron chi connectivity index (χ2n) is 8.15. The predicted octanol–water partition coefficient (Wildman–Crippen LogP) is -1.56. The predicted molar refractivity (Wildman–Crippen MR) is 127 cm³/mol. The first-order valence-corrected chi connectivity index (χ1v) is 11.0. The Hall–Kier alpha value is -3.67. The minimum Gasteiger partial charge on any atom is -0.480 e. The fraction of sp³-hybridized carbons (Fsp3) is 0.500. The van der Waals surface area contributed by atoms with Crippen LogP contribution in [0.15, 0.2) is 35.3 Å². The molecule has 3 atom stereocenters. The molecule has 1 aromatic carbocycles. The molecule has 3 amide bonds. The number of nitrogens with zero attached hydrogens (tertiary/aromatic N) is 1. The third-order valence-corrected chi connectivity index (χ3v) is 4.88. The van der Waals surface area contributed by atoms with Crippen molar-refractivity contribution >= 4 is 29.7 Å². The van der Waals surface area contributed by atoms with Crippen molar-refractivity contribution in [3.05, 3.63) is 35.9 Å². The molecule has 0 saturated carbocycles. The Morgan fingerprint density at radius 2 is 1.68 bits per heavy atom. The third kappa shape index (κ3) is 10.8. The van der Waals surface area contributed by atoms with Gasteiger partial charge in [0, 0.05) is 6.54 Å². The number of aliphatic imine (C=N–C) groups is 1. The van der Waals surface area contributed by atoms with E-state index < -0.39 is 41.8 Å². The fourth-order valence-electron chi connectivity index (χ4n) is 3.04. The van der Waals surface area contributed by atoms with E-state index in [0.29, 0.717) is 12.8 Å². The lowest BCUT2D eigenvalue weighted by atomic mass is 10.0. The van der Waals surface area contributed by atoms with Gasteiger partial charge in [0.05, 0.1) is 12.6 Å². The number of hydrogen-bond acceptors (Lipinski definition) is 6. The maximum absolute atomic E-state index is 12.7. The molecule has 3 unspecified atom stereocenters. The van der Waals surface area contributed by atoms with Gasteiger partial charge in [-0.2, -0.15) is 0 Å². The first-order valence-electron chi connectivity index (χ1n) is 11.0. The molecule has 0 aromatic heterocycles. The Labute approximate surface area is 198 Å². The minimum atomic E-state index is -1.22. The molecule has 34 heavy (non-hydrogen) atoms. The van der Waals surface area contributed by atoms with Crippen LogP contribution < -0.4 is 33.2 Å². The van der Waals surface area contributed by atoms with Gasteiger partial charge in [0.25, 0.3) is 0 Å². The number of benzene rings is 1. The zero-order valence-corrected chi connectivity index (χ0v) is 19.5. The Morgan fingerprint density at radius 3 is 2.24 bits per heavy atom. The molecule has 0 aliphatic rings. The molecule has 0 heterocycles. The van der Waals surface area contributed by atoms with Crippen LogP contribution in [0.3, 0.4) is 0 Å². The summed E-state index contributed by atoms with van der Waals surface area (Å²) in [6, 6.07) is 6.21. The van der Waals surface area contributed by atoms with Crippen molar-refractivity contribution in [2.75, 3.05) is 13.1 Å². The molecule has 12 heteroatoms. The van der Waals surface area contributed by atoms with E-state index in [-0.39, 0.29) is 31.4 Å². The number of guanidine groups is 1. The molecule has 0 saturated heterocycles. The first kappa shape index (κ1) is 28.4. The van der Waals surface area contributed by atoms with Crippen molar-refractivity contribution < 1.29 is 24.3 Å². The first-order chi connectivity index (χ1) is 16.0. The van der Waals surface area contributed by atoms with Gasteiger partial charge in [0.2, 0.25) is 17.7 Å². The highest BCUT2D eigenvalue weighted by Gasteiger charge is 2.28. The van der Waals surface area contributed by atoms with Gasteiger partial charge in [-0.1, -0.05) is 44.2 Å². The van der Waals surface area contributed by atoms with Crippen molar-refractivity contribution in [2.24, 2.45) is 28.1 Å². The van der Waals surface area contributed by atoms with Crippen LogP contribution in [-0.4, -0.2) is 66.0 Å². The van der Waals surface area contributed by atoms with Gasteiger partial charge in [-0.05, 0) is 30.7 Å². The Bertz CT molecular complexity index is 856. The summed E-state index contributed by atoms with van der Waals surface area (Å²) in [5.41, 5.74) is 17.2. The lowest BCUT2D eigenvalue weighted by Gasteiger charge is -2.24. The van der Waals surface area contributed by atoms with Crippen molar-refractivity contribution in [3.8, 4) is 0 Å². The molecule has 0 fully saturated rings. The number of carboxylic acid groups (broad SMARTS) is 1. The van der Waals surface area contributed by atoms with Gasteiger partial charge in [-0.25, -0.2) is 4.79 Å². The smallest absolute Gasteiger partial charge is 0.326 e. The van der Waals surface area contributed by atoms with E-state index in [9.17, 15) is 24.3 Å². The number of nitrogens with one attached hydrogen (secondary N) is 3. The van der Waals surface area contributed by atoms with Crippen molar-refractivity contribution in [1.82, 2.24) is 16.0 Å². The molecule has 0 bridgehead atoms. The molecule has 0 aliphatic heterocycles. The summed E-state index contributed by atoms with van der Waals surface area (Å²) in [6.07, 6.45) is 0.750. The molecule has 1 aromatic rings. The van der Waals surface area contributed by atoms with Crippen LogP contribution in [0.2, 0.25) is 0 Å². The number of carbonyl (C=O) groups is 4. The van der Waals surface area contributed by atoms with Crippen LogP contribution in [0.1, 0.15) is 32.3 Å². The van der Waals surface area contributed by atoms with Crippen LogP contribution in [0.25, 0.3) is 0 Å². The SMILES string of the molecule is CC(C)C(NC(=O)CNC(=O)C(N)Cc1ccccc1)C(=O)NC(CCCN=C(N)N)C(=O)O. The maximum atomic E-state index is 12.7. The van der Waals surface area contributed by atoms with Crippen LogP contribution in [-0.2, 0) is 25.6 Å². The number of rotatable bonds is 14. The van der Waals surface area contributed by atoms with E-state index in [4.69, 9.17) is 17.2 Å². The van der Waals surface area contributed by atoms with Crippen molar-refractivity contribution in [3.63, 3.8) is 0 Å². The molecular weight excluding hydrogens is 442 g/mol. The van der Waals surface area contributed by atoms with E-state index in [1.807, 2.05) is 30.3 Å². The van der Waals surface area contributed by atoms with Crippen LogP contribution >= 0.6 is 0 Å². The molecule has 0 radical (unpaired) electrons.